The van der Waals surface area contributed by atoms with Gasteiger partial charge in [-0.2, -0.15) is 0 Å². The van der Waals surface area contributed by atoms with Gasteiger partial charge in [-0.05, 0) is 83.3 Å². The molecule has 10 nitrogen and oxygen atoms in total. The molecule has 0 saturated carbocycles. The fourth-order valence-corrected chi connectivity index (χ4v) is 5.47. The number of halogens is 2. The number of aliphatic hydroxyl groups is 1. The van der Waals surface area contributed by atoms with Crippen molar-refractivity contribution >= 4 is 12.8 Å². The Hall–Kier alpha value is -3.03. The highest BCUT2D eigenvalue weighted by atomic mass is 19.1. The zero-order chi connectivity index (χ0) is 32.5. The first kappa shape index (κ1) is 37.2. The van der Waals surface area contributed by atoms with Crippen LogP contribution in [0, 0.1) is 23.5 Å². The number of rotatable bonds is 12. The van der Waals surface area contributed by atoms with Crippen molar-refractivity contribution in [3.63, 3.8) is 0 Å². The van der Waals surface area contributed by atoms with Crippen LogP contribution in [-0.4, -0.2) is 103 Å². The second kappa shape index (κ2) is 20.1. The van der Waals surface area contributed by atoms with Crippen molar-refractivity contribution in [3.05, 3.63) is 54.0 Å². The fourth-order valence-electron chi connectivity index (χ4n) is 5.47. The Morgan fingerprint density at radius 1 is 1.20 bits per heavy atom. The minimum Gasteiger partial charge on any atom is -0.468 e. The Bertz CT molecular complexity index is 1160. The van der Waals surface area contributed by atoms with E-state index in [1.54, 1.807) is 0 Å². The molecule has 2 unspecified atom stereocenters. The molecule has 4 rings (SSSR count). The van der Waals surface area contributed by atoms with Crippen molar-refractivity contribution in [2.75, 3.05) is 60.1 Å². The zero-order valence-corrected chi connectivity index (χ0v) is 26.4. The van der Waals surface area contributed by atoms with E-state index in [4.69, 9.17) is 20.6 Å². The second-order valence-electron chi connectivity index (χ2n) is 11.3. The molecule has 2 aliphatic heterocycles. The summed E-state index contributed by atoms with van der Waals surface area (Å²) in [6, 6.07) is 3.65. The van der Waals surface area contributed by atoms with Crippen LogP contribution in [0.2, 0.25) is 0 Å². The van der Waals surface area contributed by atoms with Crippen LogP contribution in [0.25, 0.3) is 11.3 Å². The fraction of sp³-hybridized carbons (Fsp3) is 0.594. The van der Waals surface area contributed by atoms with Crippen LogP contribution in [0.3, 0.4) is 0 Å². The molecule has 3 N–H and O–H groups in total. The smallest absolute Gasteiger partial charge is 0.293 e. The summed E-state index contributed by atoms with van der Waals surface area (Å²) < 4.78 is 40.1. The summed E-state index contributed by atoms with van der Waals surface area (Å²) in [5, 5.41) is 7.99. The molecule has 2 aromatic rings. The zero-order valence-electron chi connectivity index (χ0n) is 26.4. The van der Waals surface area contributed by atoms with Gasteiger partial charge in [-0.1, -0.05) is 12.2 Å². The van der Waals surface area contributed by atoms with Gasteiger partial charge in [0.25, 0.3) is 6.47 Å². The standard InChI is InChI=1S/C23H32F2N4O.C6H11NO2.C3H6O2/c1-27-9-6-16(13-27)14-28(2)22(17-7-10-30-11-8-17)23-26-21(15-29(23)3)19-12-18(24)4-5-20(19)25;7-4-2-1-3-5-9-6-8;1-3(5)2-4/h4-5,12,15-17,22H,6-11,13-14H2,1-3H3;1-2,6H,3-5,7H2;2-3,5H,1H3/b;2-1-;/t;;3-/m..0/s1. The van der Waals surface area contributed by atoms with E-state index in [9.17, 15) is 18.4 Å². The predicted octanol–water partition coefficient (Wildman–Crippen LogP) is 3.35. The van der Waals surface area contributed by atoms with Gasteiger partial charge in [-0.3, -0.25) is 9.69 Å². The molecule has 246 valence electrons. The average molecular weight is 622 g/mol. The largest absolute Gasteiger partial charge is 0.468 e. The number of hydrogen-bond donors (Lipinski definition) is 2. The first-order valence-corrected chi connectivity index (χ1v) is 15.1. The summed E-state index contributed by atoms with van der Waals surface area (Å²) in [5.74, 6) is 1.07. The predicted molar refractivity (Wildman–Crippen MR) is 166 cm³/mol. The number of likely N-dealkylation sites (tertiary alicyclic amines) is 1. The van der Waals surface area contributed by atoms with Crippen LogP contribution in [-0.2, 0) is 26.1 Å². The molecule has 2 aliphatic rings. The van der Waals surface area contributed by atoms with Crippen LogP contribution in [0.1, 0.15) is 44.5 Å². The molecule has 0 amide bonds. The van der Waals surface area contributed by atoms with Crippen molar-refractivity contribution in [1.29, 1.82) is 0 Å². The van der Waals surface area contributed by atoms with E-state index in [1.807, 2.05) is 30.0 Å². The molecular weight excluding hydrogens is 572 g/mol. The van der Waals surface area contributed by atoms with Crippen LogP contribution >= 0.6 is 0 Å². The van der Waals surface area contributed by atoms with Gasteiger partial charge in [0.15, 0.2) is 0 Å². The molecular formula is C32H49F2N5O5. The van der Waals surface area contributed by atoms with Gasteiger partial charge < -0.3 is 34.6 Å². The van der Waals surface area contributed by atoms with Gasteiger partial charge in [0, 0.05) is 51.7 Å². The number of carbonyl (C=O) groups is 2. The number of ether oxygens (including phenoxy) is 2. The van der Waals surface area contributed by atoms with Gasteiger partial charge in [0.1, 0.15) is 29.8 Å². The molecule has 2 saturated heterocycles. The summed E-state index contributed by atoms with van der Waals surface area (Å²) in [6.07, 6.45) is 9.12. The highest BCUT2D eigenvalue weighted by Crippen LogP contribution is 2.36. The quantitative estimate of drug-likeness (QED) is 0.209. The summed E-state index contributed by atoms with van der Waals surface area (Å²) in [7, 11) is 6.30. The van der Waals surface area contributed by atoms with Crippen molar-refractivity contribution in [2.45, 2.75) is 44.8 Å². The molecule has 0 spiro atoms. The lowest BCUT2D eigenvalue weighted by atomic mass is 9.89. The number of carbonyl (C=O) groups excluding carboxylic acids is 2. The lowest BCUT2D eigenvalue weighted by molar-refractivity contribution is -0.128. The van der Waals surface area contributed by atoms with Gasteiger partial charge >= 0.3 is 0 Å². The number of aromatic nitrogens is 2. The Labute approximate surface area is 259 Å². The molecule has 1 aromatic heterocycles. The third-order valence-corrected chi connectivity index (χ3v) is 7.57. The summed E-state index contributed by atoms with van der Waals surface area (Å²) >= 11 is 0. The highest BCUT2D eigenvalue weighted by molar-refractivity contribution is 5.59. The van der Waals surface area contributed by atoms with Crippen molar-refractivity contribution in [3.8, 4) is 11.3 Å². The van der Waals surface area contributed by atoms with Gasteiger partial charge in [-0.15, -0.1) is 0 Å². The number of aryl methyl sites for hydroxylation is 1. The molecule has 0 radical (unpaired) electrons. The lowest BCUT2D eigenvalue weighted by Gasteiger charge is -2.37. The molecule has 0 aliphatic carbocycles. The van der Waals surface area contributed by atoms with E-state index in [1.165, 1.54) is 19.4 Å². The van der Waals surface area contributed by atoms with E-state index >= 15 is 0 Å². The van der Waals surface area contributed by atoms with Gasteiger partial charge in [0.2, 0.25) is 0 Å². The topological polar surface area (TPSA) is 123 Å². The van der Waals surface area contributed by atoms with Crippen molar-refractivity contribution in [1.82, 2.24) is 19.4 Å². The summed E-state index contributed by atoms with van der Waals surface area (Å²) in [4.78, 5) is 28.5. The third-order valence-electron chi connectivity index (χ3n) is 7.57. The number of nitrogens with zero attached hydrogens (tertiary/aromatic N) is 4. The number of hydrogen-bond acceptors (Lipinski definition) is 9. The normalized spacial score (nSPS) is 18.7. The summed E-state index contributed by atoms with van der Waals surface area (Å²) in [6.45, 7) is 7.62. The Balaban J connectivity index is 0.000000403. The molecule has 3 heterocycles. The maximum atomic E-state index is 14.4. The van der Waals surface area contributed by atoms with Crippen molar-refractivity contribution in [2.24, 2.45) is 24.6 Å². The van der Waals surface area contributed by atoms with Gasteiger partial charge in [-0.25, -0.2) is 13.8 Å². The van der Waals surface area contributed by atoms with Crippen LogP contribution in [0.5, 0.6) is 0 Å². The lowest BCUT2D eigenvalue weighted by Crippen LogP contribution is -2.38. The van der Waals surface area contributed by atoms with Crippen LogP contribution < -0.4 is 5.73 Å². The molecule has 2 fully saturated rings. The molecule has 12 heteroatoms. The first-order valence-electron chi connectivity index (χ1n) is 15.1. The minimum absolute atomic E-state index is 0.121. The summed E-state index contributed by atoms with van der Waals surface area (Å²) in [5.41, 5.74) is 5.84. The van der Waals surface area contributed by atoms with E-state index in [-0.39, 0.29) is 11.6 Å². The average Bonchev–Trinajstić information content (AvgIpc) is 3.60. The highest BCUT2D eigenvalue weighted by Gasteiger charge is 2.34. The third kappa shape index (κ3) is 12.5. The number of nitrogens with two attached hydrogens (primary N) is 1. The Morgan fingerprint density at radius 3 is 2.50 bits per heavy atom. The van der Waals surface area contributed by atoms with Crippen molar-refractivity contribution < 1.29 is 33.0 Å². The maximum Gasteiger partial charge on any atom is 0.293 e. The van der Waals surface area contributed by atoms with Crippen LogP contribution in [0.15, 0.2) is 36.5 Å². The number of benzene rings is 1. The first-order chi connectivity index (χ1) is 21.1. The monoisotopic (exact) mass is 621 g/mol. The SMILES string of the molecule is CN1CCC(CN(C)C(c2nc(-c3cc(F)ccc3F)cn2C)C2CCOCC2)C1.C[C@H](O)C=O.NC/C=C\CCOC=O. The van der Waals surface area contributed by atoms with Crippen LogP contribution in [0.4, 0.5) is 8.78 Å². The molecule has 44 heavy (non-hydrogen) atoms. The Kier molecular flexibility index (Phi) is 17.0. The molecule has 1 aromatic carbocycles. The van der Waals surface area contributed by atoms with E-state index in [0.717, 1.165) is 70.1 Å². The maximum absolute atomic E-state index is 14.4. The van der Waals surface area contributed by atoms with Gasteiger partial charge in [0.05, 0.1) is 18.3 Å². The second-order valence-corrected chi connectivity index (χ2v) is 11.3. The number of imidazole rings is 1. The molecule has 0 bridgehead atoms. The van der Waals surface area contributed by atoms with E-state index in [2.05, 4.69) is 28.6 Å². The Morgan fingerprint density at radius 2 is 1.91 bits per heavy atom. The minimum atomic E-state index is -0.796. The van der Waals surface area contributed by atoms with E-state index in [0.29, 0.717) is 43.4 Å². The van der Waals surface area contributed by atoms with E-state index < -0.39 is 17.7 Å². The number of aliphatic hydroxyl groups excluding tert-OH is 1. The molecule has 3 atom stereocenters. The number of aldehydes is 1.